The molecule has 0 heterocycles. The van der Waals surface area contributed by atoms with Crippen LogP contribution in [0.2, 0.25) is 0 Å². The van der Waals surface area contributed by atoms with Crippen molar-refractivity contribution in [3.05, 3.63) is 63.1 Å². The molecule has 3 nitrogen and oxygen atoms in total. The van der Waals surface area contributed by atoms with Crippen LogP contribution in [-0.2, 0) is 16.9 Å². The number of hydrogen-bond donors (Lipinski definition) is 1. The van der Waals surface area contributed by atoms with E-state index in [2.05, 4.69) is 15.9 Å². The Morgan fingerprint density at radius 2 is 1.87 bits per heavy atom. The van der Waals surface area contributed by atoms with Gasteiger partial charge >= 0.3 is 0 Å². The number of halogens is 1. The number of methoxy groups -OCH3 is 1. The monoisotopic (exact) mass is 378 g/mol. The van der Waals surface area contributed by atoms with Gasteiger partial charge in [0.25, 0.3) is 0 Å². The average Bonchev–Trinajstić information content (AvgIpc) is 2.52. The molecule has 2 aromatic carbocycles. The molecule has 124 valence electrons. The van der Waals surface area contributed by atoms with Crippen molar-refractivity contribution >= 4 is 15.9 Å². The average molecular weight is 379 g/mol. The molecular formula is C19H23BrO3. The van der Waals surface area contributed by atoms with Gasteiger partial charge in [-0.2, -0.15) is 0 Å². The third-order valence-corrected chi connectivity index (χ3v) is 4.41. The molecule has 0 aliphatic heterocycles. The molecule has 1 unspecified atom stereocenters. The van der Waals surface area contributed by atoms with Crippen molar-refractivity contribution in [2.45, 2.75) is 33.0 Å². The van der Waals surface area contributed by atoms with Crippen LogP contribution in [0.15, 0.2) is 40.9 Å². The topological polar surface area (TPSA) is 38.7 Å². The standard InChI is InChI=1S/C19H23BrO3/c1-5-23-12-14-9-16(11-17(20)10-14)19(3,21)15-6-7-18(22-4)13(2)8-15/h6-11,21H,5,12H2,1-4H3. The zero-order valence-electron chi connectivity index (χ0n) is 14.0. The molecule has 0 saturated heterocycles. The number of benzene rings is 2. The Labute approximate surface area is 146 Å². The minimum absolute atomic E-state index is 0.528. The number of rotatable bonds is 6. The summed E-state index contributed by atoms with van der Waals surface area (Å²) in [5.41, 5.74) is 2.58. The Morgan fingerprint density at radius 3 is 2.48 bits per heavy atom. The van der Waals surface area contributed by atoms with Crippen molar-refractivity contribution in [3.8, 4) is 5.75 Å². The molecule has 0 spiro atoms. The van der Waals surface area contributed by atoms with Gasteiger partial charge in [0.2, 0.25) is 0 Å². The lowest BCUT2D eigenvalue weighted by Crippen LogP contribution is -2.23. The molecule has 2 aromatic rings. The second kappa shape index (κ2) is 7.47. The quantitative estimate of drug-likeness (QED) is 0.800. The first-order valence-electron chi connectivity index (χ1n) is 7.63. The fourth-order valence-electron chi connectivity index (χ4n) is 2.58. The van der Waals surface area contributed by atoms with Crippen LogP contribution >= 0.6 is 15.9 Å². The van der Waals surface area contributed by atoms with E-state index in [0.717, 1.165) is 32.5 Å². The highest BCUT2D eigenvalue weighted by Gasteiger charge is 2.27. The molecule has 2 rings (SSSR count). The molecule has 23 heavy (non-hydrogen) atoms. The summed E-state index contributed by atoms with van der Waals surface area (Å²) in [6.07, 6.45) is 0. The molecule has 0 amide bonds. The first-order chi connectivity index (χ1) is 10.9. The SMILES string of the molecule is CCOCc1cc(Br)cc(C(C)(O)c2ccc(OC)c(C)c2)c1. The summed E-state index contributed by atoms with van der Waals surface area (Å²) in [7, 11) is 1.65. The first-order valence-corrected chi connectivity index (χ1v) is 8.43. The number of aryl methyl sites for hydroxylation is 1. The van der Waals surface area contributed by atoms with E-state index in [1.165, 1.54) is 0 Å². The van der Waals surface area contributed by atoms with Crippen molar-refractivity contribution in [2.24, 2.45) is 0 Å². The van der Waals surface area contributed by atoms with Crippen molar-refractivity contribution < 1.29 is 14.6 Å². The number of ether oxygens (including phenoxy) is 2. The highest BCUT2D eigenvalue weighted by Crippen LogP contribution is 2.34. The summed E-state index contributed by atoms with van der Waals surface area (Å²) in [4.78, 5) is 0. The summed E-state index contributed by atoms with van der Waals surface area (Å²) < 4.78 is 11.7. The maximum atomic E-state index is 11.1. The Morgan fingerprint density at radius 1 is 1.13 bits per heavy atom. The summed E-state index contributed by atoms with van der Waals surface area (Å²) in [5.74, 6) is 0.816. The van der Waals surface area contributed by atoms with E-state index in [9.17, 15) is 5.11 Å². The van der Waals surface area contributed by atoms with Gasteiger partial charge in [0.1, 0.15) is 11.4 Å². The third kappa shape index (κ3) is 4.14. The maximum Gasteiger partial charge on any atom is 0.121 e. The highest BCUT2D eigenvalue weighted by molar-refractivity contribution is 9.10. The number of aliphatic hydroxyl groups is 1. The molecule has 0 aliphatic carbocycles. The van der Waals surface area contributed by atoms with Gasteiger partial charge in [0, 0.05) is 11.1 Å². The van der Waals surface area contributed by atoms with Crippen molar-refractivity contribution in [1.82, 2.24) is 0 Å². The molecule has 0 saturated carbocycles. The Kier molecular flexibility index (Phi) is 5.84. The van der Waals surface area contributed by atoms with E-state index >= 15 is 0 Å². The zero-order chi connectivity index (χ0) is 17.0. The minimum Gasteiger partial charge on any atom is -0.496 e. The fourth-order valence-corrected chi connectivity index (χ4v) is 3.12. The van der Waals surface area contributed by atoms with Gasteiger partial charge in [-0.15, -0.1) is 0 Å². The summed E-state index contributed by atoms with van der Waals surface area (Å²) >= 11 is 3.52. The van der Waals surface area contributed by atoms with Gasteiger partial charge in [0.05, 0.1) is 13.7 Å². The maximum absolute atomic E-state index is 11.1. The van der Waals surface area contributed by atoms with Gasteiger partial charge in [-0.1, -0.05) is 28.1 Å². The molecular weight excluding hydrogens is 356 g/mol. The van der Waals surface area contributed by atoms with Crippen molar-refractivity contribution in [1.29, 1.82) is 0 Å². The molecule has 0 radical (unpaired) electrons. The van der Waals surface area contributed by atoms with Crippen molar-refractivity contribution in [3.63, 3.8) is 0 Å². The van der Waals surface area contributed by atoms with Gasteiger partial charge in [-0.05, 0) is 67.3 Å². The Balaban J connectivity index is 2.42. The van der Waals surface area contributed by atoms with Crippen LogP contribution in [0, 0.1) is 6.92 Å². The van der Waals surface area contributed by atoms with Crippen LogP contribution in [-0.4, -0.2) is 18.8 Å². The van der Waals surface area contributed by atoms with Crippen molar-refractivity contribution in [2.75, 3.05) is 13.7 Å². The van der Waals surface area contributed by atoms with Gasteiger partial charge in [-0.25, -0.2) is 0 Å². The fraction of sp³-hybridized carbons (Fsp3) is 0.368. The molecule has 0 bridgehead atoms. The predicted octanol–water partition coefficient (Wildman–Crippen LogP) is 4.56. The summed E-state index contributed by atoms with van der Waals surface area (Å²) in [5, 5.41) is 11.1. The van der Waals surface area contributed by atoms with E-state index in [0.29, 0.717) is 13.2 Å². The Hall–Kier alpha value is -1.36. The predicted molar refractivity (Wildman–Crippen MR) is 95.9 cm³/mol. The van der Waals surface area contributed by atoms with Gasteiger partial charge in [-0.3, -0.25) is 0 Å². The van der Waals surface area contributed by atoms with E-state index in [1.807, 2.05) is 50.2 Å². The molecule has 0 aromatic heterocycles. The van der Waals surface area contributed by atoms with Gasteiger partial charge < -0.3 is 14.6 Å². The molecule has 0 aliphatic rings. The number of hydrogen-bond acceptors (Lipinski definition) is 3. The van der Waals surface area contributed by atoms with Crippen LogP contribution in [0.4, 0.5) is 0 Å². The van der Waals surface area contributed by atoms with E-state index in [1.54, 1.807) is 14.0 Å². The lowest BCUT2D eigenvalue weighted by Gasteiger charge is -2.26. The molecule has 4 heteroatoms. The normalized spacial score (nSPS) is 13.7. The summed E-state index contributed by atoms with van der Waals surface area (Å²) in [6, 6.07) is 11.7. The molecule has 1 N–H and O–H groups in total. The van der Waals surface area contributed by atoms with Crippen LogP contribution in [0.1, 0.15) is 36.1 Å². The zero-order valence-corrected chi connectivity index (χ0v) is 15.6. The van der Waals surface area contributed by atoms with Crippen LogP contribution in [0.5, 0.6) is 5.75 Å². The lowest BCUT2D eigenvalue weighted by molar-refractivity contribution is 0.101. The Bertz CT molecular complexity index is 680. The van der Waals surface area contributed by atoms with E-state index < -0.39 is 5.60 Å². The minimum atomic E-state index is -1.10. The van der Waals surface area contributed by atoms with Gasteiger partial charge in [0.15, 0.2) is 0 Å². The largest absolute Gasteiger partial charge is 0.496 e. The smallest absolute Gasteiger partial charge is 0.121 e. The second-order valence-corrected chi connectivity index (χ2v) is 6.66. The molecule has 0 fully saturated rings. The highest BCUT2D eigenvalue weighted by atomic mass is 79.9. The first kappa shape index (κ1) is 18.0. The van der Waals surface area contributed by atoms with E-state index in [4.69, 9.17) is 9.47 Å². The van der Waals surface area contributed by atoms with Crippen LogP contribution in [0.25, 0.3) is 0 Å². The summed E-state index contributed by atoms with van der Waals surface area (Å²) in [6.45, 7) is 6.94. The third-order valence-electron chi connectivity index (χ3n) is 3.95. The van der Waals surface area contributed by atoms with Crippen LogP contribution in [0.3, 0.4) is 0 Å². The van der Waals surface area contributed by atoms with E-state index in [-0.39, 0.29) is 0 Å². The lowest BCUT2D eigenvalue weighted by atomic mass is 9.86. The molecule has 1 atom stereocenters. The second-order valence-electron chi connectivity index (χ2n) is 5.74. The van der Waals surface area contributed by atoms with Crippen LogP contribution < -0.4 is 4.74 Å².